The van der Waals surface area contributed by atoms with Crippen LogP contribution in [0.5, 0.6) is 0 Å². The van der Waals surface area contributed by atoms with Gasteiger partial charge in [0.2, 0.25) is 5.95 Å². The van der Waals surface area contributed by atoms with Gasteiger partial charge in [0.05, 0.1) is 4.47 Å². The van der Waals surface area contributed by atoms with E-state index in [9.17, 15) is 0 Å². The maximum Gasteiger partial charge on any atom is 0.221 e. The molecule has 1 aromatic heterocycles. The summed E-state index contributed by atoms with van der Waals surface area (Å²) in [5, 5.41) is 6.69. The number of nitrogen functional groups attached to an aromatic ring is 1. The summed E-state index contributed by atoms with van der Waals surface area (Å²) >= 11 is 3.40. The number of nitrogens with zero attached hydrogens (tertiary/aromatic N) is 2. The van der Waals surface area contributed by atoms with Crippen LogP contribution in [-0.4, -0.2) is 29.1 Å². The van der Waals surface area contributed by atoms with E-state index in [1.54, 1.807) is 6.20 Å². The van der Waals surface area contributed by atoms with Crippen molar-refractivity contribution in [3.63, 3.8) is 0 Å². The molecule has 1 fully saturated rings. The summed E-state index contributed by atoms with van der Waals surface area (Å²) < 4.78 is 0.857. The van der Waals surface area contributed by atoms with Gasteiger partial charge in [-0.25, -0.2) is 4.98 Å². The second kappa shape index (κ2) is 4.76. The summed E-state index contributed by atoms with van der Waals surface area (Å²) in [6, 6.07) is 0.469. The van der Waals surface area contributed by atoms with E-state index in [1.165, 1.54) is 0 Å². The monoisotopic (exact) mass is 271 g/mol. The average molecular weight is 272 g/mol. The van der Waals surface area contributed by atoms with Gasteiger partial charge in [-0.2, -0.15) is 4.98 Å². The molecule has 0 spiro atoms. The standard InChI is InChI=1S/C9H14BrN5/c10-7-5-13-9(11)15-8(7)14-6-1-3-12-4-2-6/h5-6,12H,1-4H2,(H3,11,13,14,15). The second-order valence-electron chi connectivity index (χ2n) is 3.59. The predicted molar refractivity (Wildman–Crippen MR) is 63.7 cm³/mol. The van der Waals surface area contributed by atoms with Gasteiger partial charge >= 0.3 is 0 Å². The third-order valence-corrected chi connectivity index (χ3v) is 3.02. The van der Waals surface area contributed by atoms with Gasteiger partial charge in [-0.1, -0.05) is 0 Å². The molecule has 0 aromatic carbocycles. The van der Waals surface area contributed by atoms with Crippen molar-refractivity contribution in [3.05, 3.63) is 10.7 Å². The predicted octanol–water partition coefficient (Wildman–Crippen LogP) is 0.985. The summed E-state index contributed by atoms with van der Waals surface area (Å²) in [7, 11) is 0. The third kappa shape index (κ3) is 2.79. The average Bonchev–Trinajstić information content (AvgIpc) is 2.25. The summed E-state index contributed by atoms with van der Waals surface area (Å²) in [5.41, 5.74) is 5.54. The van der Waals surface area contributed by atoms with Crippen LogP contribution in [0.1, 0.15) is 12.8 Å². The van der Waals surface area contributed by atoms with Crippen LogP contribution >= 0.6 is 15.9 Å². The zero-order valence-electron chi connectivity index (χ0n) is 8.33. The van der Waals surface area contributed by atoms with Crippen molar-refractivity contribution in [1.29, 1.82) is 0 Å². The lowest BCUT2D eigenvalue weighted by Gasteiger charge is -2.24. The fourth-order valence-corrected chi connectivity index (χ4v) is 1.95. The number of piperidine rings is 1. The molecule has 0 amide bonds. The summed E-state index contributed by atoms with van der Waals surface area (Å²) in [5.74, 6) is 1.09. The lowest BCUT2D eigenvalue weighted by atomic mass is 10.1. The quantitative estimate of drug-likeness (QED) is 0.748. The molecule has 0 saturated carbocycles. The largest absolute Gasteiger partial charge is 0.368 e. The first-order valence-electron chi connectivity index (χ1n) is 5.01. The molecule has 2 heterocycles. The highest BCUT2D eigenvalue weighted by atomic mass is 79.9. The number of hydrogen-bond acceptors (Lipinski definition) is 5. The molecule has 0 aliphatic carbocycles. The highest BCUT2D eigenvalue weighted by Gasteiger charge is 2.14. The van der Waals surface area contributed by atoms with Crippen LogP contribution in [0.3, 0.4) is 0 Å². The maximum atomic E-state index is 5.54. The van der Waals surface area contributed by atoms with Gasteiger partial charge in [-0.15, -0.1) is 0 Å². The van der Waals surface area contributed by atoms with E-state index in [0.717, 1.165) is 36.2 Å². The van der Waals surface area contributed by atoms with E-state index in [4.69, 9.17) is 5.73 Å². The molecular formula is C9H14BrN5. The molecule has 2 rings (SSSR count). The van der Waals surface area contributed by atoms with Gasteiger partial charge in [0.25, 0.3) is 0 Å². The smallest absolute Gasteiger partial charge is 0.221 e. The number of aromatic nitrogens is 2. The Morgan fingerprint density at radius 3 is 2.93 bits per heavy atom. The van der Waals surface area contributed by atoms with Crippen LogP contribution in [0.15, 0.2) is 10.7 Å². The van der Waals surface area contributed by atoms with E-state index < -0.39 is 0 Å². The zero-order chi connectivity index (χ0) is 10.7. The van der Waals surface area contributed by atoms with Gasteiger partial charge in [0.1, 0.15) is 5.82 Å². The summed E-state index contributed by atoms with van der Waals surface area (Å²) in [6.45, 7) is 2.10. The Morgan fingerprint density at radius 2 is 2.20 bits per heavy atom. The second-order valence-corrected chi connectivity index (χ2v) is 4.45. The van der Waals surface area contributed by atoms with Gasteiger partial charge < -0.3 is 16.4 Å². The summed E-state index contributed by atoms with van der Waals surface area (Å²) in [6.07, 6.45) is 3.89. The molecule has 0 atom stereocenters. The van der Waals surface area contributed by atoms with E-state index >= 15 is 0 Å². The first kappa shape index (κ1) is 10.6. The van der Waals surface area contributed by atoms with Gasteiger partial charge in [-0.3, -0.25) is 0 Å². The molecule has 1 saturated heterocycles. The minimum Gasteiger partial charge on any atom is -0.368 e. The van der Waals surface area contributed by atoms with Crippen molar-refractivity contribution in [2.45, 2.75) is 18.9 Å². The van der Waals surface area contributed by atoms with Crippen molar-refractivity contribution in [2.75, 3.05) is 24.1 Å². The highest BCUT2D eigenvalue weighted by Crippen LogP contribution is 2.21. The number of nitrogens with two attached hydrogens (primary N) is 1. The SMILES string of the molecule is Nc1ncc(Br)c(NC2CCNCC2)n1. The van der Waals surface area contributed by atoms with Crippen molar-refractivity contribution in [1.82, 2.24) is 15.3 Å². The molecule has 5 nitrogen and oxygen atoms in total. The number of halogens is 1. The van der Waals surface area contributed by atoms with Gasteiger partial charge in [-0.05, 0) is 41.9 Å². The molecule has 1 aromatic rings. The first-order valence-corrected chi connectivity index (χ1v) is 5.80. The third-order valence-electron chi connectivity index (χ3n) is 2.44. The fraction of sp³-hybridized carbons (Fsp3) is 0.556. The lowest BCUT2D eigenvalue weighted by molar-refractivity contribution is 0.478. The molecule has 1 aliphatic rings. The van der Waals surface area contributed by atoms with Crippen LogP contribution < -0.4 is 16.4 Å². The van der Waals surface area contributed by atoms with Crippen LogP contribution in [0.4, 0.5) is 11.8 Å². The summed E-state index contributed by atoms with van der Waals surface area (Å²) in [4.78, 5) is 8.05. The Bertz CT molecular complexity index is 337. The zero-order valence-corrected chi connectivity index (χ0v) is 9.92. The van der Waals surface area contributed by atoms with Crippen molar-refractivity contribution in [3.8, 4) is 0 Å². The molecular weight excluding hydrogens is 258 g/mol. The Morgan fingerprint density at radius 1 is 1.47 bits per heavy atom. The van der Waals surface area contributed by atoms with Crippen molar-refractivity contribution in [2.24, 2.45) is 0 Å². The van der Waals surface area contributed by atoms with Crippen LogP contribution in [-0.2, 0) is 0 Å². The van der Waals surface area contributed by atoms with Crippen LogP contribution in [0.25, 0.3) is 0 Å². The molecule has 15 heavy (non-hydrogen) atoms. The first-order chi connectivity index (χ1) is 7.25. The maximum absolute atomic E-state index is 5.54. The van der Waals surface area contributed by atoms with Gasteiger partial charge in [0.15, 0.2) is 0 Å². The Balaban J connectivity index is 2.05. The Labute approximate surface area is 97.0 Å². The van der Waals surface area contributed by atoms with Crippen molar-refractivity contribution < 1.29 is 0 Å². The molecule has 1 aliphatic heterocycles. The van der Waals surface area contributed by atoms with E-state index in [1.807, 2.05) is 0 Å². The molecule has 0 unspecified atom stereocenters. The molecule has 0 bridgehead atoms. The molecule has 4 N–H and O–H groups in total. The van der Waals surface area contributed by atoms with E-state index in [2.05, 4.69) is 36.5 Å². The number of anilines is 2. The molecule has 0 radical (unpaired) electrons. The highest BCUT2D eigenvalue weighted by molar-refractivity contribution is 9.10. The lowest BCUT2D eigenvalue weighted by Crippen LogP contribution is -2.35. The van der Waals surface area contributed by atoms with Gasteiger partial charge in [0, 0.05) is 12.2 Å². The van der Waals surface area contributed by atoms with E-state index in [0.29, 0.717) is 12.0 Å². The fourth-order valence-electron chi connectivity index (χ4n) is 1.64. The minimum atomic E-state index is 0.301. The van der Waals surface area contributed by atoms with Crippen LogP contribution in [0, 0.1) is 0 Å². The topological polar surface area (TPSA) is 75.9 Å². The molecule has 6 heteroatoms. The van der Waals surface area contributed by atoms with E-state index in [-0.39, 0.29) is 0 Å². The van der Waals surface area contributed by atoms with Crippen LogP contribution in [0.2, 0.25) is 0 Å². The Hall–Kier alpha value is -0.880. The molecule has 82 valence electrons. The minimum absolute atomic E-state index is 0.301. The normalized spacial score (nSPS) is 17.7. The Kier molecular flexibility index (Phi) is 3.37. The number of rotatable bonds is 2. The number of hydrogen-bond donors (Lipinski definition) is 3. The number of nitrogens with one attached hydrogen (secondary N) is 2. The van der Waals surface area contributed by atoms with Crippen molar-refractivity contribution >= 4 is 27.7 Å².